The van der Waals surface area contributed by atoms with Gasteiger partial charge in [-0.15, -0.1) is 0 Å². The molecule has 1 saturated heterocycles. The monoisotopic (exact) mass is 254 g/mol. The highest BCUT2D eigenvalue weighted by atomic mass is 35.5. The molecule has 2 rings (SSSR count). The van der Waals surface area contributed by atoms with Crippen molar-refractivity contribution in [2.45, 2.75) is 19.9 Å². The van der Waals surface area contributed by atoms with E-state index in [0.717, 1.165) is 5.56 Å². The number of nitrogens with zero attached hydrogens (tertiary/aromatic N) is 3. The molecule has 0 bridgehead atoms. The van der Waals surface area contributed by atoms with Gasteiger partial charge in [0.05, 0.1) is 6.54 Å². The lowest BCUT2D eigenvalue weighted by Crippen LogP contribution is -2.57. The van der Waals surface area contributed by atoms with Crippen molar-refractivity contribution in [2.75, 3.05) is 11.4 Å². The standard InChI is InChI=1S/C10H11ClN4O2/c1-5-3-12-10(11)14-8(5)15-4-7(16)13-9(17)6(15)2/h3,6H,4H2,1-2H3,(H,13,16,17). The van der Waals surface area contributed by atoms with Gasteiger partial charge in [-0.3, -0.25) is 14.9 Å². The maximum atomic E-state index is 11.5. The highest BCUT2D eigenvalue weighted by Gasteiger charge is 2.32. The number of hydrogen-bond donors (Lipinski definition) is 1. The number of nitrogens with one attached hydrogen (secondary N) is 1. The fraction of sp³-hybridized carbons (Fsp3) is 0.400. The van der Waals surface area contributed by atoms with E-state index < -0.39 is 6.04 Å². The van der Waals surface area contributed by atoms with Gasteiger partial charge in [-0.1, -0.05) is 0 Å². The van der Waals surface area contributed by atoms with Crippen molar-refractivity contribution < 1.29 is 9.59 Å². The maximum Gasteiger partial charge on any atom is 0.249 e. The number of imide groups is 1. The smallest absolute Gasteiger partial charge is 0.249 e. The molecular formula is C10H11ClN4O2. The van der Waals surface area contributed by atoms with E-state index in [1.165, 1.54) is 0 Å². The minimum atomic E-state index is -0.461. The fourth-order valence-electron chi connectivity index (χ4n) is 1.68. The predicted octanol–water partition coefficient (Wildman–Crippen LogP) is 0.290. The van der Waals surface area contributed by atoms with Gasteiger partial charge in [0.25, 0.3) is 0 Å². The molecule has 1 fully saturated rings. The van der Waals surface area contributed by atoms with Crippen LogP contribution < -0.4 is 10.2 Å². The summed E-state index contributed by atoms with van der Waals surface area (Å²) in [5.74, 6) is -0.168. The average Bonchev–Trinajstić information content (AvgIpc) is 2.27. The molecule has 2 heterocycles. The molecule has 90 valence electrons. The third-order valence-corrected chi connectivity index (χ3v) is 2.79. The highest BCUT2D eigenvalue weighted by Crippen LogP contribution is 2.21. The molecule has 1 aliphatic rings. The first-order chi connectivity index (χ1) is 7.99. The van der Waals surface area contributed by atoms with E-state index in [0.29, 0.717) is 5.82 Å². The third kappa shape index (κ3) is 2.21. The lowest BCUT2D eigenvalue weighted by molar-refractivity contribution is -0.132. The van der Waals surface area contributed by atoms with Crippen molar-refractivity contribution in [3.63, 3.8) is 0 Å². The molecule has 0 spiro atoms. The topological polar surface area (TPSA) is 75.2 Å². The molecule has 17 heavy (non-hydrogen) atoms. The molecule has 0 aliphatic carbocycles. The van der Waals surface area contributed by atoms with Gasteiger partial charge in [0, 0.05) is 11.8 Å². The number of carbonyl (C=O) groups excluding carboxylic acids is 2. The Balaban J connectivity index is 2.40. The molecule has 1 atom stereocenters. The van der Waals surface area contributed by atoms with Crippen LogP contribution in [0.25, 0.3) is 0 Å². The zero-order valence-corrected chi connectivity index (χ0v) is 10.2. The molecule has 6 nitrogen and oxygen atoms in total. The molecule has 0 radical (unpaired) electrons. The van der Waals surface area contributed by atoms with Gasteiger partial charge in [-0.25, -0.2) is 9.97 Å². The van der Waals surface area contributed by atoms with E-state index in [9.17, 15) is 9.59 Å². The Kier molecular flexibility index (Phi) is 2.97. The van der Waals surface area contributed by atoms with Crippen LogP contribution in [0.5, 0.6) is 0 Å². The second-order valence-corrected chi connectivity index (χ2v) is 4.20. The molecule has 2 amide bonds. The van der Waals surface area contributed by atoms with Crippen LogP contribution in [0, 0.1) is 6.92 Å². The van der Waals surface area contributed by atoms with Crippen LogP contribution in [0.3, 0.4) is 0 Å². The normalized spacial score (nSPS) is 20.4. The van der Waals surface area contributed by atoms with Crippen LogP contribution in [0.1, 0.15) is 12.5 Å². The SMILES string of the molecule is Cc1cnc(Cl)nc1N1CC(=O)NC(=O)C1C. The summed E-state index contributed by atoms with van der Waals surface area (Å²) in [5, 5.41) is 2.36. The molecule has 7 heteroatoms. The second-order valence-electron chi connectivity index (χ2n) is 3.86. The Morgan fingerprint density at radius 1 is 1.53 bits per heavy atom. The quantitative estimate of drug-likeness (QED) is 0.576. The molecule has 1 N–H and O–H groups in total. The van der Waals surface area contributed by atoms with Crippen molar-refractivity contribution >= 4 is 29.2 Å². The van der Waals surface area contributed by atoms with Crippen molar-refractivity contribution in [2.24, 2.45) is 0 Å². The molecule has 0 saturated carbocycles. The van der Waals surface area contributed by atoms with Crippen molar-refractivity contribution in [3.8, 4) is 0 Å². The number of halogens is 1. The van der Waals surface area contributed by atoms with Crippen molar-refractivity contribution in [1.29, 1.82) is 0 Å². The highest BCUT2D eigenvalue weighted by molar-refractivity contribution is 6.28. The van der Waals surface area contributed by atoms with Gasteiger partial charge >= 0.3 is 0 Å². The van der Waals surface area contributed by atoms with E-state index in [1.807, 2.05) is 0 Å². The van der Waals surface area contributed by atoms with Gasteiger partial charge in [-0.05, 0) is 25.4 Å². The van der Waals surface area contributed by atoms with Crippen LogP contribution in [0.4, 0.5) is 5.82 Å². The van der Waals surface area contributed by atoms with Crippen molar-refractivity contribution in [3.05, 3.63) is 17.0 Å². The molecular weight excluding hydrogens is 244 g/mol. The Hall–Kier alpha value is -1.69. The number of hydrogen-bond acceptors (Lipinski definition) is 5. The first-order valence-electron chi connectivity index (χ1n) is 5.08. The van der Waals surface area contributed by atoms with Gasteiger partial charge in [0.1, 0.15) is 11.9 Å². The van der Waals surface area contributed by atoms with Gasteiger partial charge in [0.2, 0.25) is 17.1 Å². The minimum absolute atomic E-state index is 0.0844. The summed E-state index contributed by atoms with van der Waals surface area (Å²) in [5.41, 5.74) is 0.767. The minimum Gasteiger partial charge on any atom is -0.335 e. The largest absolute Gasteiger partial charge is 0.335 e. The average molecular weight is 255 g/mol. The van der Waals surface area contributed by atoms with Crippen LogP contribution in [-0.4, -0.2) is 34.4 Å². The van der Waals surface area contributed by atoms with E-state index in [4.69, 9.17) is 11.6 Å². The number of rotatable bonds is 1. The number of aryl methyl sites for hydroxylation is 1. The summed E-state index contributed by atoms with van der Waals surface area (Å²) in [7, 11) is 0. The third-order valence-electron chi connectivity index (χ3n) is 2.61. The summed E-state index contributed by atoms with van der Waals surface area (Å²) in [6.07, 6.45) is 1.56. The zero-order valence-electron chi connectivity index (χ0n) is 9.40. The van der Waals surface area contributed by atoms with Crippen LogP contribution >= 0.6 is 11.6 Å². The fourth-order valence-corrected chi connectivity index (χ4v) is 1.80. The summed E-state index contributed by atoms with van der Waals surface area (Å²) in [6.45, 7) is 3.59. The second kappa shape index (κ2) is 4.29. The Morgan fingerprint density at radius 2 is 2.24 bits per heavy atom. The molecule has 1 aromatic rings. The first kappa shape index (κ1) is 11.8. The summed E-state index contributed by atoms with van der Waals surface area (Å²) < 4.78 is 0. The van der Waals surface area contributed by atoms with Crippen LogP contribution in [0.15, 0.2) is 6.20 Å². The summed E-state index contributed by atoms with van der Waals surface area (Å²) in [6, 6.07) is -0.461. The first-order valence-corrected chi connectivity index (χ1v) is 5.46. The van der Waals surface area contributed by atoms with Gasteiger partial charge in [0.15, 0.2) is 0 Å². The van der Waals surface area contributed by atoms with Crippen molar-refractivity contribution in [1.82, 2.24) is 15.3 Å². The number of aromatic nitrogens is 2. The number of anilines is 1. The number of carbonyl (C=O) groups is 2. The summed E-state index contributed by atoms with van der Waals surface area (Å²) in [4.78, 5) is 32.4. The Morgan fingerprint density at radius 3 is 2.94 bits per heavy atom. The molecule has 1 unspecified atom stereocenters. The molecule has 1 aromatic heterocycles. The van der Waals surface area contributed by atoms with E-state index in [2.05, 4.69) is 15.3 Å². The zero-order chi connectivity index (χ0) is 12.6. The van der Waals surface area contributed by atoms with E-state index in [1.54, 1.807) is 24.9 Å². The number of piperazine rings is 1. The summed E-state index contributed by atoms with van der Waals surface area (Å²) >= 11 is 5.72. The van der Waals surface area contributed by atoms with Crippen LogP contribution in [0.2, 0.25) is 5.28 Å². The maximum absolute atomic E-state index is 11.5. The lowest BCUT2D eigenvalue weighted by atomic mass is 10.2. The molecule has 1 aliphatic heterocycles. The van der Waals surface area contributed by atoms with Gasteiger partial charge < -0.3 is 4.90 Å². The van der Waals surface area contributed by atoms with Gasteiger partial charge in [-0.2, -0.15) is 0 Å². The Labute approximate surface area is 103 Å². The number of amides is 2. The molecule has 0 aromatic carbocycles. The van der Waals surface area contributed by atoms with E-state index >= 15 is 0 Å². The predicted molar refractivity (Wildman–Crippen MR) is 61.7 cm³/mol. The lowest BCUT2D eigenvalue weighted by Gasteiger charge is -2.33. The van der Waals surface area contributed by atoms with Crippen LogP contribution in [-0.2, 0) is 9.59 Å². The van der Waals surface area contributed by atoms with E-state index in [-0.39, 0.29) is 23.6 Å². The Bertz CT molecular complexity index is 491.